The van der Waals surface area contributed by atoms with Gasteiger partial charge in [0.2, 0.25) is 0 Å². The summed E-state index contributed by atoms with van der Waals surface area (Å²) in [6.45, 7) is 4.68. The lowest BCUT2D eigenvalue weighted by atomic mass is 9.67. The van der Waals surface area contributed by atoms with Crippen LogP contribution in [-0.2, 0) is 0 Å². The molecular formula is C14H18. The van der Waals surface area contributed by atoms with Crippen LogP contribution in [0.5, 0.6) is 0 Å². The maximum Gasteiger partial charge on any atom is 0.0165 e. The van der Waals surface area contributed by atoms with Crippen LogP contribution in [0.15, 0.2) is 36.0 Å². The van der Waals surface area contributed by atoms with Crippen molar-refractivity contribution in [1.29, 1.82) is 0 Å². The van der Waals surface area contributed by atoms with Gasteiger partial charge < -0.3 is 0 Å². The van der Waals surface area contributed by atoms with Crippen molar-refractivity contribution in [2.24, 2.45) is 23.2 Å². The monoisotopic (exact) mass is 186 g/mol. The van der Waals surface area contributed by atoms with Crippen LogP contribution in [0.4, 0.5) is 0 Å². The summed E-state index contributed by atoms with van der Waals surface area (Å²) < 4.78 is 0. The Hall–Kier alpha value is -0.780. The summed E-state index contributed by atoms with van der Waals surface area (Å²) in [5.74, 6) is 2.39. The maximum atomic E-state index is 2.56. The third kappa shape index (κ3) is 0.893. The van der Waals surface area contributed by atoms with E-state index in [0.29, 0.717) is 5.41 Å². The number of hydrogen-bond acceptors (Lipinski definition) is 0. The molecule has 0 N–H and O–H groups in total. The van der Waals surface area contributed by atoms with Crippen LogP contribution in [0, 0.1) is 23.2 Å². The van der Waals surface area contributed by atoms with Crippen LogP contribution < -0.4 is 0 Å². The lowest BCUT2D eigenvalue weighted by Crippen LogP contribution is -2.27. The summed E-state index contributed by atoms with van der Waals surface area (Å²) in [7, 11) is 0. The third-order valence-corrected chi connectivity index (χ3v) is 4.24. The average molecular weight is 186 g/mol. The number of allylic oxidation sites excluding steroid dienone is 6. The van der Waals surface area contributed by atoms with Gasteiger partial charge in [0.1, 0.15) is 0 Å². The van der Waals surface area contributed by atoms with E-state index < -0.39 is 0 Å². The smallest absolute Gasteiger partial charge is 0.0165 e. The Kier molecular flexibility index (Phi) is 1.60. The van der Waals surface area contributed by atoms with Crippen LogP contribution >= 0.6 is 0 Å². The Labute approximate surface area is 86.4 Å². The zero-order chi connectivity index (χ0) is 9.76. The molecule has 1 spiro atoms. The molecule has 3 unspecified atom stereocenters. The molecule has 0 amide bonds. The van der Waals surface area contributed by atoms with Crippen LogP contribution in [-0.4, -0.2) is 0 Å². The van der Waals surface area contributed by atoms with E-state index in [1.165, 1.54) is 12.8 Å². The first-order valence-corrected chi connectivity index (χ1v) is 5.80. The molecule has 74 valence electrons. The van der Waals surface area contributed by atoms with Gasteiger partial charge in [0, 0.05) is 5.41 Å². The Morgan fingerprint density at radius 3 is 3.00 bits per heavy atom. The second-order valence-electron chi connectivity index (χ2n) is 5.37. The molecular weight excluding hydrogens is 168 g/mol. The van der Waals surface area contributed by atoms with Crippen molar-refractivity contribution >= 4 is 0 Å². The normalized spacial score (nSPS) is 43.2. The Bertz CT molecular complexity index is 343. The lowest BCUT2D eigenvalue weighted by molar-refractivity contribution is 0.362. The maximum absolute atomic E-state index is 2.56. The molecule has 0 aromatic carbocycles. The highest BCUT2D eigenvalue weighted by atomic mass is 14.5. The molecule has 14 heavy (non-hydrogen) atoms. The predicted octanol–water partition coefficient (Wildman–Crippen LogP) is 3.72. The van der Waals surface area contributed by atoms with E-state index >= 15 is 0 Å². The van der Waals surface area contributed by atoms with Crippen molar-refractivity contribution in [3.8, 4) is 0 Å². The first kappa shape index (κ1) is 8.52. The minimum absolute atomic E-state index is 0.438. The highest BCUT2D eigenvalue weighted by Crippen LogP contribution is 2.61. The van der Waals surface area contributed by atoms with E-state index in [2.05, 4.69) is 44.2 Å². The van der Waals surface area contributed by atoms with Gasteiger partial charge in [0.15, 0.2) is 0 Å². The molecule has 0 heteroatoms. The Balaban J connectivity index is 2.08. The second-order valence-corrected chi connectivity index (χ2v) is 5.37. The van der Waals surface area contributed by atoms with Crippen molar-refractivity contribution in [3.63, 3.8) is 0 Å². The molecule has 0 radical (unpaired) electrons. The van der Waals surface area contributed by atoms with E-state index in [1.54, 1.807) is 5.57 Å². The van der Waals surface area contributed by atoms with Gasteiger partial charge >= 0.3 is 0 Å². The summed E-state index contributed by atoms with van der Waals surface area (Å²) >= 11 is 0. The van der Waals surface area contributed by atoms with Gasteiger partial charge in [-0.2, -0.15) is 0 Å². The van der Waals surface area contributed by atoms with Crippen molar-refractivity contribution in [2.45, 2.75) is 26.7 Å². The SMILES string of the molecule is CC(C)C1=CC2CC3C=CC=CC13C2. The van der Waals surface area contributed by atoms with Gasteiger partial charge in [-0.25, -0.2) is 0 Å². The quantitative estimate of drug-likeness (QED) is 0.547. The van der Waals surface area contributed by atoms with Gasteiger partial charge in [0.05, 0.1) is 0 Å². The molecule has 3 aliphatic rings. The molecule has 3 aliphatic carbocycles. The molecule has 0 nitrogen and oxygen atoms in total. The molecule has 0 aromatic heterocycles. The minimum Gasteiger partial charge on any atom is -0.0810 e. The van der Waals surface area contributed by atoms with E-state index in [0.717, 1.165) is 17.8 Å². The van der Waals surface area contributed by atoms with E-state index in [4.69, 9.17) is 0 Å². The first-order chi connectivity index (χ1) is 6.72. The highest BCUT2D eigenvalue weighted by Gasteiger charge is 2.51. The van der Waals surface area contributed by atoms with E-state index in [1.807, 2.05) is 0 Å². The number of fused-ring (bicyclic) bond motifs is 1. The van der Waals surface area contributed by atoms with Crippen molar-refractivity contribution in [2.75, 3.05) is 0 Å². The fraction of sp³-hybridized carbons (Fsp3) is 0.571. The van der Waals surface area contributed by atoms with E-state index in [-0.39, 0.29) is 0 Å². The van der Waals surface area contributed by atoms with Crippen LogP contribution in [0.1, 0.15) is 26.7 Å². The largest absolute Gasteiger partial charge is 0.0810 e. The van der Waals surface area contributed by atoms with Crippen LogP contribution in [0.25, 0.3) is 0 Å². The minimum atomic E-state index is 0.438. The highest BCUT2D eigenvalue weighted by molar-refractivity contribution is 5.40. The fourth-order valence-corrected chi connectivity index (χ4v) is 3.77. The van der Waals surface area contributed by atoms with Crippen molar-refractivity contribution < 1.29 is 0 Å². The average Bonchev–Trinajstić information content (AvgIpc) is 2.69. The molecule has 1 saturated carbocycles. The molecule has 0 heterocycles. The second kappa shape index (κ2) is 2.62. The summed E-state index contributed by atoms with van der Waals surface area (Å²) in [5, 5.41) is 0. The molecule has 3 atom stereocenters. The van der Waals surface area contributed by atoms with Crippen LogP contribution in [0.3, 0.4) is 0 Å². The summed E-state index contributed by atoms with van der Waals surface area (Å²) in [6.07, 6.45) is 14.7. The van der Waals surface area contributed by atoms with Gasteiger partial charge in [-0.15, -0.1) is 0 Å². The number of rotatable bonds is 1. The fourth-order valence-electron chi connectivity index (χ4n) is 3.77. The third-order valence-electron chi connectivity index (χ3n) is 4.24. The summed E-state index contributed by atoms with van der Waals surface area (Å²) in [4.78, 5) is 0. The zero-order valence-electron chi connectivity index (χ0n) is 9.03. The van der Waals surface area contributed by atoms with Gasteiger partial charge in [-0.1, -0.05) is 49.8 Å². The standard InChI is InChI=1S/C14H18/c1-10(2)13-8-11-7-12-5-3-4-6-14(12,13)9-11/h3-6,8,10-12H,7,9H2,1-2H3. The topological polar surface area (TPSA) is 0 Å². The molecule has 2 bridgehead atoms. The Morgan fingerprint density at radius 2 is 2.21 bits per heavy atom. The van der Waals surface area contributed by atoms with E-state index in [9.17, 15) is 0 Å². The zero-order valence-corrected chi connectivity index (χ0v) is 9.03. The Morgan fingerprint density at radius 1 is 1.36 bits per heavy atom. The molecule has 3 rings (SSSR count). The van der Waals surface area contributed by atoms with Gasteiger partial charge in [0.25, 0.3) is 0 Å². The summed E-state index contributed by atoms with van der Waals surface area (Å²) in [6, 6.07) is 0. The molecule has 0 aromatic rings. The van der Waals surface area contributed by atoms with Crippen molar-refractivity contribution in [1.82, 2.24) is 0 Å². The predicted molar refractivity (Wildman–Crippen MR) is 59.8 cm³/mol. The van der Waals surface area contributed by atoms with Crippen molar-refractivity contribution in [3.05, 3.63) is 36.0 Å². The van der Waals surface area contributed by atoms with Gasteiger partial charge in [-0.05, 0) is 30.6 Å². The lowest BCUT2D eigenvalue weighted by Gasteiger charge is -2.37. The molecule has 0 aliphatic heterocycles. The first-order valence-electron chi connectivity index (χ1n) is 5.80. The molecule has 1 fully saturated rings. The van der Waals surface area contributed by atoms with Crippen LogP contribution in [0.2, 0.25) is 0 Å². The molecule has 0 saturated heterocycles. The summed E-state index contributed by atoms with van der Waals surface area (Å²) in [5.41, 5.74) is 2.15. The van der Waals surface area contributed by atoms with Gasteiger partial charge in [-0.3, -0.25) is 0 Å². The number of hydrogen-bond donors (Lipinski definition) is 0.